The second kappa shape index (κ2) is 16.2. The van der Waals surface area contributed by atoms with E-state index in [1.54, 1.807) is 17.8 Å². The Kier molecular flexibility index (Phi) is 11.1. The normalized spacial score (nSPS) is 13.6. The largest absolute Gasteiger partial charge is 0.379 e. The van der Waals surface area contributed by atoms with E-state index in [0.29, 0.717) is 28.2 Å². The van der Waals surface area contributed by atoms with E-state index < -0.39 is 14.9 Å². The molecule has 1 saturated heterocycles. The maximum atomic E-state index is 13.5. The number of hydrogen-bond acceptors (Lipinski definition) is 10. The zero-order chi connectivity index (χ0) is 36.8. The van der Waals surface area contributed by atoms with Gasteiger partial charge in [-0.1, -0.05) is 66.2 Å². The van der Waals surface area contributed by atoms with E-state index in [-0.39, 0.29) is 22.1 Å². The first-order chi connectivity index (χ1) is 25.7. The molecule has 1 aliphatic heterocycles. The highest BCUT2D eigenvalue weighted by molar-refractivity contribution is 7.99. The number of rotatable bonds is 13. The molecule has 6 aromatic rings. The Hall–Kier alpha value is -5.21. The maximum Gasteiger partial charge on any atom is 0.293 e. The molecule has 11 nitrogen and oxygen atoms in total. The van der Waals surface area contributed by atoms with Gasteiger partial charge in [-0.25, -0.2) is 18.4 Å². The number of aromatic nitrogens is 2. The van der Waals surface area contributed by atoms with Crippen molar-refractivity contribution in [1.82, 2.24) is 14.9 Å². The number of thioether (sulfide) groups is 1. The van der Waals surface area contributed by atoms with Gasteiger partial charge >= 0.3 is 0 Å². The van der Waals surface area contributed by atoms with Gasteiger partial charge in [0.1, 0.15) is 12.0 Å². The molecule has 270 valence electrons. The van der Waals surface area contributed by atoms with Crippen LogP contribution in [-0.2, 0) is 16.6 Å². The summed E-state index contributed by atoms with van der Waals surface area (Å²) in [5.74, 6) is 0.760. The van der Waals surface area contributed by atoms with Crippen molar-refractivity contribution < 1.29 is 13.3 Å². The summed E-state index contributed by atoms with van der Waals surface area (Å²) in [6.45, 7) is 4.65. The summed E-state index contributed by atoms with van der Waals surface area (Å²) in [6, 6.07) is 35.7. The number of nitro groups is 1. The Labute approximate surface area is 317 Å². The first-order valence-electron chi connectivity index (χ1n) is 17.0. The monoisotopic (exact) mass is 765 g/mol. The number of piperazine rings is 1. The molecule has 0 bridgehead atoms. The third-order valence-electron chi connectivity index (χ3n) is 9.06. The van der Waals surface area contributed by atoms with Crippen molar-refractivity contribution in [2.75, 3.05) is 53.4 Å². The van der Waals surface area contributed by atoms with Crippen molar-refractivity contribution in [2.24, 2.45) is 0 Å². The van der Waals surface area contributed by atoms with Crippen LogP contribution < -0.4 is 14.9 Å². The average Bonchev–Trinajstić information content (AvgIpc) is 3.17. The van der Waals surface area contributed by atoms with Gasteiger partial charge in [0.2, 0.25) is 0 Å². The summed E-state index contributed by atoms with van der Waals surface area (Å²) in [7, 11) is -4.22. The minimum Gasteiger partial charge on any atom is -0.379 e. The maximum absolute atomic E-state index is 13.5. The summed E-state index contributed by atoms with van der Waals surface area (Å²) in [5.41, 5.74) is 5.06. The Morgan fingerprint density at radius 3 is 2.38 bits per heavy atom. The number of nitrogens with zero attached hydrogens (tertiary/aromatic N) is 5. The van der Waals surface area contributed by atoms with Gasteiger partial charge < -0.3 is 10.2 Å². The van der Waals surface area contributed by atoms with Crippen molar-refractivity contribution in [3.63, 3.8) is 0 Å². The SMILES string of the molecule is O=[N+]([O-])c1cc(S(=O)(=O)Nc2ncnc3cc(N4CCN(Cc5ccccc5-c5ccc(Cl)cc5)CC4)ccc23)ccc1NCCSc1ccccc1. The molecular weight excluding hydrogens is 730 g/mol. The molecule has 53 heavy (non-hydrogen) atoms. The van der Waals surface area contributed by atoms with Crippen LogP contribution in [0.1, 0.15) is 5.56 Å². The highest BCUT2D eigenvalue weighted by Gasteiger charge is 2.24. The van der Waals surface area contributed by atoms with E-state index in [9.17, 15) is 18.5 Å². The lowest BCUT2D eigenvalue weighted by Crippen LogP contribution is -2.46. The van der Waals surface area contributed by atoms with Crippen LogP contribution in [0.3, 0.4) is 0 Å². The van der Waals surface area contributed by atoms with E-state index in [1.807, 2.05) is 54.6 Å². The standard InChI is InChI=1S/C39H36ClN7O4S2/c40-30-12-10-28(11-13-30)34-9-5-4-6-29(34)26-45-19-21-46(22-20-45)31-14-16-35-37(24-31)42-27-43-39(35)44-53(50,51)33-15-17-36(38(25-33)47(48)49)41-18-23-52-32-7-2-1-3-8-32/h1-17,24-25,27,41H,18-23,26H2,(H,42,43,44). The van der Waals surface area contributed by atoms with Crippen LogP contribution in [0.5, 0.6) is 0 Å². The highest BCUT2D eigenvalue weighted by Crippen LogP contribution is 2.32. The summed E-state index contributed by atoms with van der Waals surface area (Å²) < 4.78 is 29.5. The third-order valence-corrected chi connectivity index (χ3v) is 11.7. The predicted octanol–water partition coefficient (Wildman–Crippen LogP) is 8.19. The molecule has 7 rings (SSSR count). The van der Waals surface area contributed by atoms with E-state index in [1.165, 1.54) is 29.6 Å². The molecule has 0 unspecified atom stereocenters. The second-order valence-corrected chi connectivity index (χ2v) is 15.8. The summed E-state index contributed by atoms with van der Waals surface area (Å²) >= 11 is 7.74. The first kappa shape index (κ1) is 36.2. The summed E-state index contributed by atoms with van der Waals surface area (Å²) in [4.78, 5) is 25.6. The van der Waals surface area contributed by atoms with Gasteiger partial charge in [0.05, 0.1) is 15.3 Å². The van der Waals surface area contributed by atoms with Gasteiger partial charge in [-0.2, -0.15) is 0 Å². The molecule has 1 fully saturated rings. The van der Waals surface area contributed by atoms with Gasteiger partial charge in [0.25, 0.3) is 15.7 Å². The molecule has 0 amide bonds. The Morgan fingerprint density at radius 2 is 1.60 bits per heavy atom. The van der Waals surface area contributed by atoms with Crippen LogP contribution in [-0.4, -0.2) is 66.7 Å². The van der Waals surface area contributed by atoms with Gasteiger partial charge in [0.15, 0.2) is 5.82 Å². The molecule has 0 saturated carbocycles. The van der Waals surface area contributed by atoms with Crippen LogP contribution in [0.4, 0.5) is 22.9 Å². The Morgan fingerprint density at radius 1 is 0.849 bits per heavy atom. The minimum atomic E-state index is -4.22. The topological polar surface area (TPSA) is 134 Å². The average molecular weight is 766 g/mol. The zero-order valence-corrected chi connectivity index (χ0v) is 30.9. The molecule has 0 spiro atoms. The fraction of sp³-hybridized carbons (Fsp3) is 0.179. The second-order valence-electron chi connectivity index (χ2n) is 12.5. The minimum absolute atomic E-state index is 0.0912. The van der Waals surface area contributed by atoms with Crippen LogP contribution in [0.25, 0.3) is 22.0 Å². The fourth-order valence-corrected chi connectivity index (χ4v) is 8.30. The number of hydrogen-bond donors (Lipinski definition) is 2. The molecule has 2 N–H and O–H groups in total. The number of anilines is 3. The van der Waals surface area contributed by atoms with E-state index in [0.717, 1.165) is 54.9 Å². The fourth-order valence-electron chi connectivity index (χ4n) is 6.33. The molecule has 1 aliphatic rings. The quantitative estimate of drug-likeness (QED) is 0.0513. The smallest absolute Gasteiger partial charge is 0.293 e. The molecule has 0 atom stereocenters. The molecule has 2 heterocycles. The van der Waals surface area contributed by atoms with Crippen LogP contribution >= 0.6 is 23.4 Å². The van der Waals surface area contributed by atoms with E-state index >= 15 is 0 Å². The number of benzene rings is 5. The Bertz CT molecular complexity index is 2340. The molecule has 0 aliphatic carbocycles. The number of sulfonamides is 1. The van der Waals surface area contributed by atoms with Crippen LogP contribution in [0.15, 0.2) is 131 Å². The van der Waals surface area contributed by atoms with Gasteiger partial charge in [-0.15, -0.1) is 11.8 Å². The van der Waals surface area contributed by atoms with Gasteiger partial charge in [0, 0.05) is 72.1 Å². The van der Waals surface area contributed by atoms with Crippen molar-refractivity contribution >= 4 is 67.2 Å². The highest BCUT2D eigenvalue weighted by atomic mass is 35.5. The van der Waals surface area contributed by atoms with Crippen molar-refractivity contribution in [1.29, 1.82) is 0 Å². The lowest BCUT2D eigenvalue weighted by Gasteiger charge is -2.36. The van der Waals surface area contributed by atoms with Crippen molar-refractivity contribution in [3.8, 4) is 11.1 Å². The van der Waals surface area contributed by atoms with E-state index in [2.05, 4.69) is 66.2 Å². The molecular formula is C39H36ClN7O4S2. The lowest BCUT2D eigenvalue weighted by molar-refractivity contribution is -0.384. The third kappa shape index (κ3) is 8.71. The van der Waals surface area contributed by atoms with Crippen LogP contribution in [0.2, 0.25) is 5.02 Å². The number of nitrogens with one attached hydrogen (secondary N) is 2. The first-order valence-corrected chi connectivity index (χ1v) is 19.9. The lowest BCUT2D eigenvalue weighted by atomic mass is 9.99. The van der Waals surface area contributed by atoms with Crippen molar-refractivity contribution in [2.45, 2.75) is 16.3 Å². The summed E-state index contributed by atoms with van der Waals surface area (Å²) in [6.07, 6.45) is 1.31. The van der Waals surface area contributed by atoms with E-state index in [4.69, 9.17) is 11.6 Å². The van der Waals surface area contributed by atoms with Crippen molar-refractivity contribution in [3.05, 3.63) is 142 Å². The predicted molar refractivity (Wildman–Crippen MR) is 213 cm³/mol. The van der Waals surface area contributed by atoms with Gasteiger partial charge in [-0.05, 0) is 71.3 Å². The van der Waals surface area contributed by atoms with Crippen LogP contribution in [0, 0.1) is 10.1 Å². The Balaban J connectivity index is 0.999. The zero-order valence-electron chi connectivity index (χ0n) is 28.6. The number of halogens is 1. The summed E-state index contributed by atoms with van der Waals surface area (Å²) in [5, 5.41) is 16.2. The van der Waals surface area contributed by atoms with Gasteiger partial charge in [-0.3, -0.25) is 19.7 Å². The number of fused-ring (bicyclic) bond motifs is 1. The number of nitro benzene ring substituents is 1. The molecule has 5 aromatic carbocycles. The molecule has 14 heteroatoms. The molecule has 1 aromatic heterocycles. The molecule has 0 radical (unpaired) electrons.